The van der Waals surface area contributed by atoms with Crippen LogP contribution in [0.3, 0.4) is 0 Å². The first-order valence-electron chi connectivity index (χ1n) is 5.81. The van der Waals surface area contributed by atoms with E-state index in [1.807, 2.05) is 0 Å². The van der Waals surface area contributed by atoms with E-state index in [1.165, 1.54) is 38.5 Å². The van der Waals surface area contributed by atoms with E-state index in [0.717, 1.165) is 0 Å². The van der Waals surface area contributed by atoms with Gasteiger partial charge >= 0.3 is 0 Å². The molecule has 0 radical (unpaired) electrons. The maximum atomic E-state index is 9.44. The lowest BCUT2D eigenvalue weighted by Crippen LogP contribution is -1.69. The monoisotopic (exact) mass is 244 g/mol. The van der Waals surface area contributed by atoms with Crippen LogP contribution in [0.1, 0.15) is 27.7 Å². The van der Waals surface area contributed by atoms with Gasteiger partial charge in [-0.1, -0.05) is 48.5 Å². The molecule has 0 spiro atoms. The number of carbonyl (C=O) groups is 2. The summed E-state index contributed by atoms with van der Waals surface area (Å²) in [5.74, 6) is 0.333. The molecular weight excluding hydrogens is 224 g/mol. The molecule has 0 aliphatic rings. The molecule has 0 heterocycles. The number of ketones is 2. The summed E-state index contributed by atoms with van der Waals surface area (Å²) in [6.07, 6.45) is 0. The smallest absolute Gasteiger partial charge is 0.126 e. The van der Waals surface area contributed by atoms with Gasteiger partial charge in [-0.05, 0) is 38.5 Å². The highest BCUT2D eigenvalue weighted by Gasteiger charge is 1.85. The van der Waals surface area contributed by atoms with Crippen molar-refractivity contribution in [2.24, 2.45) is 0 Å². The summed E-state index contributed by atoms with van der Waals surface area (Å²) in [5.41, 5.74) is 0. The molecule has 2 aromatic carbocycles. The molecule has 0 N–H and O–H groups in total. The first-order valence-corrected chi connectivity index (χ1v) is 5.81. The van der Waals surface area contributed by atoms with Gasteiger partial charge in [0.1, 0.15) is 11.6 Å². The number of rotatable bonds is 0. The van der Waals surface area contributed by atoms with E-state index >= 15 is 0 Å². The zero-order valence-corrected chi connectivity index (χ0v) is 11.4. The molecule has 0 aliphatic carbocycles. The maximum absolute atomic E-state index is 9.44. The van der Waals surface area contributed by atoms with E-state index in [9.17, 15) is 9.59 Å². The highest BCUT2D eigenvalue weighted by Crippen LogP contribution is 2.11. The van der Waals surface area contributed by atoms with Gasteiger partial charge in [0.2, 0.25) is 0 Å². The van der Waals surface area contributed by atoms with Crippen molar-refractivity contribution in [1.29, 1.82) is 0 Å². The van der Waals surface area contributed by atoms with Gasteiger partial charge in [0.25, 0.3) is 0 Å². The lowest BCUT2D eigenvalue weighted by molar-refractivity contribution is -0.115. The molecule has 18 heavy (non-hydrogen) atoms. The maximum Gasteiger partial charge on any atom is 0.126 e. The molecule has 0 saturated carbocycles. The first kappa shape index (κ1) is 16.0. The third kappa shape index (κ3) is 9.28. The first-order chi connectivity index (χ1) is 8.43. The zero-order chi connectivity index (χ0) is 14.0. The lowest BCUT2D eigenvalue weighted by Gasteiger charge is -1.92. The van der Waals surface area contributed by atoms with Crippen LogP contribution in [0.2, 0.25) is 0 Å². The van der Waals surface area contributed by atoms with Crippen molar-refractivity contribution in [3.8, 4) is 0 Å². The molecule has 0 saturated heterocycles. The Kier molecular flexibility index (Phi) is 8.12. The molecule has 0 aromatic heterocycles. The third-order valence-electron chi connectivity index (χ3n) is 1.66. The second kappa shape index (κ2) is 9.11. The molecule has 0 amide bonds. The van der Waals surface area contributed by atoms with Crippen LogP contribution in [-0.2, 0) is 9.59 Å². The Hall–Kier alpha value is -1.96. The van der Waals surface area contributed by atoms with Gasteiger partial charge in [0.05, 0.1) is 0 Å². The summed E-state index contributed by atoms with van der Waals surface area (Å²) in [6.45, 7) is 6.11. The summed E-state index contributed by atoms with van der Waals surface area (Å²) in [6, 6.07) is 16.7. The fourth-order valence-corrected chi connectivity index (χ4v) is 1.13. The Labute approximate surface area is 109 Å². The van der Waals surface area contributed by atoms with Crippen LogP contribution in [0.15, 0.2) is 48.5 Å². The fraction of sp³-hybridized carbons (Fsp3) is 0.250. The summed E-state index contributed by atoms with van der Waals surface area (Å²) < 4.78 is 0. The summed E-state index contributed by atoms with van der Waals surface area (Å²) in [5, 5.41) is 2.62. The van der Waals surface area contributed by atoms with E-state index in [-0.39, 0.29) is 11.6 Å². The summed E-state index contributed by atoms with van der Waals surface area (Å²) in [7, 11) is 0. The minimum absolute atomic E-state index is 0.167. The number of Topliss-reactive ketones (excluding diaryl/α,β-unsaturated/α-hetero) is 2. The second-order valence-electron chi connectivity index (χ2n) is 4.16. The minimum Gasteiger partial charge on any atom is -0.300 e. The van der Waals surface area contributed by atoms with Crippen LogP contribution >= 0.6 is 0 Å². The minimum atomic E-state index is 0.167. The number of fused-ring (bicyclic) bond motifs is 1. The molecule has 2 nitrogen and oxygen atoms in total. The van der Waals surface area contributed by atoms with Gasteiger partial charge in [-0.3, -0.25) is 0 Å². The number of carbonyl (C=O) groups excluding carboxylic acids is 2. The second-order valence-corrected chi connectivity index (χ2v) is 4.16. The highest BCUT2D eigenvalue weighted by atomic mass is 16.1. The van der Waals surface area contributed by atoms with Gasteiger partial charge in [-0.25, -0.2) is 0 Å². The Morgan fingerprint density at radius 2 is 0.778 bits per heavy atom. The van der Waals surface area contributed by atoms with Crippen LogP contribution in [-0.4, -0.2) is 11.6 Å². The summed E-state index contributed by atoms with van der Waals surface area (Å²) >= 11 is 0. The van der Waals surface area contributed by atoms with Crippen molar-refractivity contribution in [3.63, 3.8) is 0 Å². The Balaban J connectivity index is 0.000000307. The molecular formula is C16H20O2. The SMILES string of the molecule is CC(C)=O.CC(C)=O.c1ccc2ccccc2c1. The standard InChI is InChI=1S/C10H8.2C3H6O/c1-2-6-10-8-4-3-7-9(10)5-1;2*1-3(2)4/h1-8H;2*1-2H3. The van der Waals surface area contributed by atoms with Gasteiger partial charge in [0.15, 0.2) is 0 Å². The van der Waals surface area contributed by atoms with Crippen molar-refractivity contribution in [2.75, 3.05) is 0 Å². The van der Waals surface area contributed by atoms with Crippen molar-refractivity contribution in [3.05, 3.63) is 48.5 Å². The van der Waals surface area contributed by atoms with E-state index in [0.29, 0.717) is 0 Å². The number of hydrogen-bond donors (Lipinski definition) is 0. The van der Waals surface area contributed by atoms with Gasteiger partial charge in [-0.2, -0.15) is 0 Å². The van der Waals surface area contributed by atoms with Crippen molar-refractivity contribution < 1.29 is 9.59 Å². The van der Waals surface area contributed by atoms with E-state index in [1.54, 1.807) is 0 Å². The van der Waals surface area contributed by atoms with Crippen molar-refractivity contribution in [1.82, 2.24) is 0 Å². The average Bonchev–Trinajstić information content (AvgIpc) is 2.28. The Bertz CT molecular complexity index is 416. The lowest BCUT2D eigenvalue weighted by atomic mass is 10.1. The molecule has 2 heteroatoms. The van der Waals surface area contributed by atoms with E-state index in [4.69, 9.17) is 0 Å². The average molecular weight is 244 g/mol. The van der Waals surface area contributed by atoms with Crippen LogP contribution in [0.25, 0.3) is 10.8 Å². The largest absolute Gasteiger partial charge is 0.300 e. The third-order valence-corrected chi connectivity index (χ3v) is 1.66. The van der Waals surface area contributed by atoms with Gasteiger partial charge in [0, 0.05) is 0 Å². The van der Waals surface area contributed by atoms with Gasteiger partial charge < -0.3 is 9.59 Å². The Morgan fingerprint density at radius 1 is 0.611 bits per heavy atom. The van der Waals surface area contributed by atoms with Crippen LogP contribution in [0.4, 0.5) is 0 Å². The number of hydrogen-bond acceptors (Lipinski definition) is 2. The Morgan fingerprint density at radius 3 is 0.944 bits per heavy atom. The molecule has 0 fully saturated rings. The molecule has 2 rings (SSSR count). The number of benzene rings is 2. The van der Waals surface area contributed by atoms with E-state index < -0.39 is 0 Å². The van der Waals surface area contributed by atoms with Crippen molar-refractivity contribution >= 4 is 22.3 Å². The predicted molar refractivity (Wildman–Crippen MR) is 76.7 cm³/mol. The van der Waals surface area contributed by atoms with Crippen molar-refractivity contribution in [2.45, 2.75) is 27.7 Å². The molecule has 2 aromatic rings. The fourth-order valence-electron chi connectivity index (χ4n) is 1.13. The normalized spacial score (nSPS) is 8.44. The van der Waals surface area contributed by atoms with Crippen LogP contribution < -0.4 is 0 Å². The summed E-state index contributed by atoms with van der Waals surface area (Å²) in [4.78, 5) is 18.9. The van der Waals surface area contributed by atoms with Crippen LogP contribution in [0.5, 0.6) is 0 Å². The van der Waals surface area contributed by atoms with Crippen LogP contribution in [0, 0.1) is 0 Å². The molecule has 0 bridgehead atoms. The zero-order valence-electron chi connectivity index (χ0n) is 11.4. The topological polar surface area (TPSA) is 34.1 Å². The molecule has 96 valence electrons. The quantitative estimate of drug-likeness (QED) is 0.701. The highest BCUT2D eigenvalue weighted by molar-refractivity contribution is 5.82. The molecule has 0 aliphatic heterocycles. The van der Waals surface area contributed by atoms with Gasteiger partial charge in [-0.15, -0.1) is 0 Å². The molecule has 0 atom stereocenters. The molecule has 0 unspecified atom stereocenters. The predicted octanol–water partition coefficient (Wildman–Crippen LogP) is 4.03. The van der Waals surface area contributed by atoms with E-state index in [2.05, 4.69) is 48.5 Å².